The maximum atomic E-state index is 15.8. The van der Waals surface area contributed by atoms with Crippen molar-refractivity contribution in [3.8, 4) is 40.2 Å². The highest BCUT2D eigenvalue weighted by atomic mass is 19.1. The number of ether oxygens (including phenoxy) is 1. The van der Waals surface area contributed by atoms with Gasteiger partial charge in [-0.25, -0.2) is 4.39 Å². The van der Waals surface area contributed by atoms with E-state index in [9.17, 15) is 15.0 Å². The summed E-state index contributed by atoms with van der Waals surface area (Å²) in [6, 6.07) is 5.91. The zero-order valence-electron chi connectivity index (χ0n) is 17.2. The van der Waals surface area contributed by atoms with Crippen molar-refractivity contribution < 1.29 is 24.1 Å². The quantitative estimate of drug-likeness (QED) is 0.575. The smallest absolute Gasteiger partial charge is 0.246 e. The molecule has 0 saturated carbocycles. The van der Waals surface area contributed by atoms with Crippen molar-refractivity contribution in [1.29, 1.82) is 0 Å². The number of amides is 1. The maximum Gasteiger partial charge on any atom is 0.246 e. The second-order valence-electron chi connectivity index (χ2n) is 7.57. The fourth-order valence-corrected chi connectivity index (χ4v) is 4.21. The Bertz CT molecular complexity index is 1100. The van der Waals surface area contributed by atoms with E-state index >= 15 is 4.39 Å². The molecule has 2 aromatic rings. The molecular formula is C24H23FN2O4. The van der Waals surface area contributed by atoms with Crippen LogP contribution in [0.1, 0.15) is 18.1 Å². The van der Waals surface area contributed by atoms with Crippen LogP contribution < -0.4 is 4.74 Å². The van der Waals surface area contributed by atoms with Gasteiger partial charge in [-0.15, -0.1) is 5.92 Å². The first-order chi connectivity index (χ1) is 14.9. The number of fused-ring (bicyclic) bond motifs is 2. The molecular weight excluding hydrogens is 399 g/mol. The lowest BCUT2D eigenvalue weighted by atomic mass is 9.94. The molecule has 7 heteroatoms. The van der Waals surface area contributed by atoms with Crippen LogP contribution >= 0.6 is 0 Å². The Morgan fingerprint density at radius 3 is 2.71 bits per heavy atom. The van der Waals surface area contributed by atoms with Crippen molar-refractivity contribution in [2.75, 3.05) is 26.2 Å². The Morgan fingerprint density at radius 1 is 1.29 bits per heavy atom. The molecule has 1 fully saturated rings. The number of hydrogen-bond donors (Lipinski definition) is 2. The average molecular weight is 422 g/mol. The molecule has 1 saturated heterocycles. The predicted octanol–water partition coefficient (Wildman–Crippen LogP) is 2.87. The van der Waals surface area contributed by atoms with E-state index in [4.69, 9.17) is 4.74 Å². The molecule has 31 heavy (non-hydrogen) atoms. The van der Waals surface area contributed by atoms with Crippen LogP contribution in [0.4, 0.5) is 4.39 Å². The van der Waals surface area contributed by atoms with Crippen molar-refractivity contribution in [1.82, 2.24) is 9.80 Å². The first-order valence-corrected chi connectivity index (χ1v) is 10.0. The van der Waals surface area contributed by atoms with Gasteiger partial charge in [-0.3, -0.25) is 9.69 Å². The Balaban J connectivity index is 1.78. The van der Waals surface area contributed by atoms with E-state index in [2.05, 4.69) is 23.3 Å². The number of rotatable bonds is 2. The van der Waals surface area contributed by atoms with Crippen LogP contribution in [-0.2, 0) is 11.3 Å². The van der Waals surface area contributed by atoms with Gasteiger partial charge < -0.3 is 19.8 Å². The highest BCUT2D eigenvalue weighted by Gasteiger charge is 2.34. The predicted molar refractivity (Wildman–Crippen MR) is 114 cm³/mol. The molecule has 0 aromatic heterocycles. The van der Waals surface area contributed by atoms with E-state index in [0.29, 0.717) is 37.3 Å². The van der Waals surface area contributed by atoms with Crippen molar-refractivity contribution in [3.05, 3.63) is 53.9 Å². The lowest BCUT2D eigenvalue weighted by molar-refractivity contribution is -0.129. The van der Waals surface area contributed by atoms with Crippen molar-refractivity contribution in [3.63, 3.8) is 0 Å². The number of phenolic OH excluding ortho intramolecular Hbond substituents is 2. The Labute approximate surface area is 180 Å². The van der Waals surface area contributed by atoms with Gasteiger partial charge in [0.2, 0.25) is 5.91 Å². The fraction of sp³-hybridized carbons (Fsp3) is 0.292. The second kappa shape index (κ2) is 8.32. The van der Waals surface area contributed by atoms with Gasteiger partial charge in [-0.05, 0) is 31.2 Å². The molecule has 0 unspecified atom stereocenters. The normalized spacial score (nSPS) is 18.0. The lowest BCUT2D eigenvalue weighted by Crippen LogP contribution is -2.55. The largest absolute Gasteiger partial charge is 0.507 e. The lowest BCUT2D eigenvalue weighted by Gasteiger charge is -2.39. The highest BCUT2D eigenvalue weighted by molar-refractivity contribution is 5.87. The molecule has 4 rings (SSSR count). The summed E-state index contributed by atoms with van der Waals surface area (Å²) < 4.78 is 21.7. The summed E-state index contributed by atoms with van der Waals surface area (Å²) in [5, 5.41) is 20.7. The number of halogens is 1. The molecule has 2 aromatic carbocycles. The van der Waals surface area contributed by atoms with Gasteiger partial charge in [0.25, 0.3) is 0 Å². The SMILES string of the molecule is C=CC(=O)N1CCN2Cc3cc(C#CC)c(-c4c(O)cccc4O)c(F)c3OC[C@H]2C1. The van der Waals surface area contributed by atoms with E-state index in [-0.39, 0.29) is 46.9 Å². The summed E-state index contributed by atoms with van der Waals surface area (Å²) in [6.07, 6.45) is 1.29. The molecule has 0 bridgehead atoms. The van der Waals surface area contributed by atoms with Gasteiger partial charge in [-0.1, -0.05) is 18.6 Å². The molecule has 2 aliphatic heterocycles. The van der Waals surface area contributed by atoms with Crippen LogP contribution in [0.15, 0.2) is 36.9 Å². The number of nitrogens with zero attached hydrogens (tertiary/aromatic N) is 2. The summed E-state index contributed by atoms with van der Waals surface area (Å²) in [5.41, 5.74) is 0.985. The third kappa shape index (κ3) is 3.71. The zero-order valence-corrected chi connectivity index (χ0v) is 17.2. The highest BCUT2D eigenvalue weighted by Crippen LogP contribution is 2.44. The average Bonchev–Trinajstić information content (AvgIpc) is 2.94. The molecule has 1 amide bonds. The van der Waals surface area contributed by atoms with Crippen LogP contribution in [0.2, 0.25) is 0 Å². The number of hydrogen-bond acceptors (Lipinski definition) is 5. The number of carbonyl (C=O) groups is 1. The number of aromatic hydroxyl groups is 2. The molecule has 0 aliphatic carbocycles. The van der Waals surface area contributed by atoms with E-state index in [1.807, 2.05) is 0 Å². The van der Waals surface area contributed by atoms with E-state index < -0.39 is 5.82 Å². The minimum atomic E-state index is -0.675. The number of carbonyl (C=O) groups excluding carboxylic acids is 1. The molecule has 0 spiro atoms. The van der Waals surface area contributed by atoms with Crippen LogP contribution in [0.5, 0.6) is 17.2 Å². The summed E-state index contributed by atoms with van der Waals surface area (Å²) >= 11 is 0. The summed E-state index contributed by atoms with van der Waals surface area (Å²) in [7, 11) is 0. The third-order valence-corrected chi connectivity index (χ3v) is 5.71. The second-order valence-corrected chi connectivity index (χ2v) is 7.57. The molecule has 2 aliphatic rings. The zero-order chi connectivity index (χ0) is 22.1. The molecule has 2 N–H and O–H groups in total. The maximum absolute atomic E-state index is 15.8. The van der Waals surface area contributed by atoms with E-state index in [1.54, 1.807) is 17.9 Å². The molecule has 160 valence electrons. The van der Waals surface area contributed by atoms with Gasteiger partial charge >= 0.3 is 0 Å². The summed E-state index contributed by atoms with van der Waals surface area (Å²) in [5.74, 6) is 4.44. The van der Waals surface area contributed by atoms with Crippen LogP contribution in [0.25, 0.3) is 11.1 Å². The summed E-state index contributed by atoms with van der Waals surface area (Å²) in [6.45, 7) is 7.49. The van der Waals surface area contributed by atoms with E-state index in [1.165, 1.54) is 24.3 Å². The topological polar surface area (TPSA) is 73.2 Å². The first-order valence-electron chi connectivity index (χ1n) is 10.0. The Kier molecular flexibility index (Phi) is 5.57. The van der Waals surface area contributed by atoms with Crippen molar-refractivity contribution >= 4 is 5.91 Å². The first kappa shape index (κ1) is 20.8. The minimum Gasteiger partial charge on any atom is -0.507 e. The van der Waals surface area contributed by atoms with Crippen molar-refractivity contribution in [2.45, 2.75) is 19.5 Å². The number of piperazine rings is 1. The van der Waals surface area contributed by atoms with Gasteiger partial charge in [0.1, 0.15) is 18.1 Å². The monoisotopic (exact) mass is 422 g/mol. The minimum absolute atomic E-state index is 0.00651. The van der Waals surface area contributed by atoms with Gasteiger partial charge in [0.05, 0.1) is 11.6 Å². The van der Waals surface area contributed by atoms with E-state index in [0.717, 1.165) is 0 Å². The number of benzene rings is 2. The van der Waals surface area contributed by atoms with Crippen LogP contribution in [0.3, 0.4) is 0 Å². The van der Waals surface area contributed by atoms with Crippen LogP contribution in [0, 0.1) is 17.7 Å². The Morgan fingerprint density at radius 2 is 2.03 bits per heavy atom. The Hall–Kier alpha value is -3.50. The standard InChI is InChI=1S/C24H23FN2O4/c1-3-6-15-11-16-12-26-9-10-27(20(30)4-2)13-17(26)14-31-24(16)23(25)21(15)22-18(28)7-5-8-19(22)29/h4-5,7-8,11,17,28-29H,2,9-10,12-14H2,1H3/t17-/m1/s1. The molecule has 1 atom stereocenters. The van der Waals surface area contributed by atoms with Gasteiger partial charge in [-0.2, -0.15) is 0 Å². The van der Waals surface area contributed by atoms with Crippen LogP contribution in [-0.4, -0.2) is 58.2 Å². The van der Waals surface area contributed by atoms with Gasteiger partial charge in [0.15, 0.2) is 11.6 Å². The third-order valence-electron chi connectivity index (χ3n) is 5.71. The number of phenols is 2. The molecule has 2 heterocycles. The van der Waals surface area contributed by atoms with Crippen molar-refractivity contribution in [2.24, 2.45) is 0 Å². The molecule has 0 radical (unpaired) electrons. The summed E-state index contributed by atoms with van der Waals surface area (Å²) in [4.78, 5) is 15.9. The molecule has 6 nitrogen and oxygen atoms in total. The van der Waals surface area contributed by atoms with Gasteiger partial charge in [0, 0.05) is 42.9 Å². The fourth-order valence-electron chi connectivity index (χ4n) is 4.21.